The van der Waals surface area contributed by atoms with Gasteiger partial charge in [-0.2, -0.15) is 0 Å². The molecule has 1 amide bonds. The first kappa shape index (κ1) is 15.6. The van der Waals surface area contributed by atoms with Crippen LogP contribution in [-0.2, 0) is 11.2 Å². The van der Waals surface area contributed by atoms with Crippen molar-refractivity contribution in [2.45, 2.75) is 19.4 Å². The molecule has 0 fully saturated rings. The van der Waals surface area contributed by atoms with E-state index in [0.717, 1.165) is 21.9 Å². The third-order valence-corrected chi connectivity index (χ3v) is 4.23. The van der Waals surface area contributed by atoms with Crippen molar-refractivity contribution < 1.29 is 4.79 Å². The predicted octanol–water partition coefficient (Wildman–Crippen LogP) is 4.91. The number of nitrogens with one attached hydrogen (secondary N) is 1. The molecule has 3 aromatic carbocycles. The monoisotopic (exact) mass is 323 g/mol. The summed E-state index contributed by atoms with van der Waals surface area (Å²) < 4.78 is 0. The summed E-state index contributed by atoms with van der Waals surface area (Å²) in [6.07, 6.45) is 0.374. The average molecular weight is 324 g/mol. The van der Waals surface area contributed by atoms with Crippen molar-refractivity contribution in [2.24, 2.45) is 0 Å². The molecule has 2 nitrogen and oxygen atoms in total. The number of carbonyl (C=O) groups excluding carboxylic acids is 1. The molecule has 0 aliphatic heterocycles. The van der Waals surface area contributed by atoms with E-state index < -0.39 is 0 Å². The molecule has 23 heavy (non-hydrogen) atoms. The smallest absolute Gasteiger partial charge is 0.224 e. The maximum atomic E-state index is 12.4. The van der Waals surface area contributed by atoms with Crippen LogP contribution in [0, 0.1) is 0 Å². The molecule has 0 saturated carbocycles. The summed E-state index contributed by atoms with van der Waals surface area (Å²) in [5.41, 5.74) is 2.09. The summed E-state index contributed by atoms with van der Waals surface area (Å²) in [6, 6.07) is 21.7. The van der Waals surface area contributed by atoms with Crippen molar-refractivity contribution in [1.82, 2.24) is 5.32 Å². The molecule has 116 valence electrons. The lowest BCUT2D eigenvalue weighted by Gasteiger charge is -2.15. The summed E-state index contributed by atoms with van der Waals surface area (Å²) in [6.45, 7) is 1.98. The zero-order chi connectivity index (χ0) is 16.2. The minimum absolute atomic E-state index is 0.0174. The largest absolute Gasteiger partial charge is 0.349 e. The van der Waals surface area contributed by atoms with Crippen LogP contribution in [0.5, 0.6) is 0 Å². The van der Waals surface area contributed by atoms with Gasteiger partial charge in [-0.3, -0.25) is 4.79 Å². The maximum absolute atomic E-state index is 12.4. The molecule has 0 aromatic heterocycles. The summed E-state index contributed by atoms with van der Waals surface area (Å²) in [7, 11) is 0. The molecule has 3 heteroatoms. The molecular weight excluding hydrogens is 306 g/mol. The Hall–Kier alpha value is -2.32. The van der Waals surface area contributed by atoms with E-state index in [1.165, 1.54) is 0 Å². The Morgan fingerprint density at radius 3 is 2.48 bits per heavy atom. The van der Waals surface area contributed by atoms with Crippen molar-refractivity contribution in [3.63, 3.8) is 0 Å². The Labute approximate surface area is 141 Å². The fourth-order valence-electron chi connectivity index (χ4n) is 2.75. The van der Waals surface area contributed by atoms with E-state index in [-0.39, 0.29) is 11.9 Å². The van der Waals surface area contributed by atoms with Crippen molar-refractivity contribution >= 4 is 28.3 Å². The molecule has 3 rings (SSSR count). The van der Waals surface area contributed by atoms with Crippen LogP contribution in [-0.4, -0.2) is 5.91 Å². The van der Waals surface area contributed by atoms with Crippen LogP contribution < -0.4 is 5.32 Å². The summed E-state index contributed by atoms with van der Waals surface area (Å²) in [5.74, 6) is 0.0174. The van der Waals surface area contributed by atoms with E-state index >= 15 is 0 Å². The van der Waals surface area contributed by atoms with Crippen LogP contribution in [0.25, 0.3) is 10.8 Å². The Balaban J connectivity index is 1.72. The number of amides is 1. The molecule has 3 aromatic rings. The summed E-state index contributed by atoms with van der Waals surface area (Å²) in [5, 5.41) is 6.03. The maximum Gasteiger partial charge on any atom is 0.224 e. The number of hydrogen-bond acceptors (Lipinski definition) is 1. The molecule has 0 aliphatic carbocycles. The Morgan fingerprint density at radius 1 is 1.00 bits per heavy atom. The van der Waals surface area contributed by atoms with E-state index in [2.05, 4.69) is 23.5 Å². The Morgan fingerprint density at radius 2 is 1.70 bits per heavy atom. The zero-order valence-corrected chi connectivity index (χ0v) is 13.7. The van der Waals surface area contributed by atoms with E-state index in [4.69, 9.17) is 11.6 Å². The quantitative estimate of drug-likeness (QED) is 0.726. The van der Waals surface area contributed by atoms with Gasteiger partial charge in [0.1, 0.15) is 0 Å². The van der Waals surface area contributed by atoms with Gasteiger partial charge < -0.3 is 5.32 Å². The van der Waals surface area contributed by atoms with Crippen LogP contribution in [0.3, 0.4) is 0 Å². The topological polar surface area (TPSA) is 29.1 Å². The second-order valence-corrected chi connectivity index (χ2v) is 6.09. The highest BCUT2D eigenvalue weighted by Crippen LogP contribution is 2.20. The average Bonchev–Trinajstić information content (AvgIpc) is 2.55. The first-order chi connectivity index (χ1) is 11.1. The van der Waals surface area contributed by atoms with Gasteiger partial charge in [0.25, 0.3) is 0 Å². The normalized spacial score (nSPS) is 12.1. The van der Waals surface area contributed by atoms with Gasteiger partial charge in [0.15, 0.2) is 0 Å². The lowest BCUT2D eigenvalue weighted by molar-refractivity contribution is -0.121. The van der Waals surface area contributed by atoms with Gasteiger partial charge in [-0.1, -0.05) is 66.2 Å². The molecule has 1 atom stereocenters. The molecule has 0 spiro atoms. The van der Waals surface area contributed by atoms with Crippen LogP contribution in [0.15, 0.2) is 66.7 Å². The number of halogens is 1. The van der Waals surface area contributed by atoms with E-state index in [1.54, 1.807) is 0 Å². The lowest BCUT2D eigenvalue weighted by Crippen LogP contribution is -2.28. The standard InChI is InChI=1S/C20H18ClNO/c1-14(15-9-11-18(21)12-10-15)22-20(23)13-17-7-4-6-16-5-2-3-8-19(16)17/h2-12,14H,13H2,1H3,(H,22,23)/t14-/m1/s1. The molecule has 0 aliphatic rings. The fourth-order valence-corrected chi connectivity index (χ4v) is 2.87. The van der Waals surface area contributed by atoms with Gasteiger partial charge >= 0.3 is 0 Å². The second-order valence-electron chi connectivity index (χ2n) is 5.66. The molecular formula is C20H18ClNO. The molecule has 0 bridgehead atoms. The number of rotatable bonds is 4. The molecule has 0 radical (unpaired) electrons. The van der Waals surface area contributed by atoms with Gasteiger partial charge in [0.05, 0.1) is 12.5 Å². The molecule has 0 unspecified atom stereocenters. The fraction of sp³-hybridized carbons (Fsp3) is 0.150. The zero-order valence-electron chi connectivity index (χ0n) is 12.9. The highest BCUT2D eigenvalue weighted by atomic mass is 35.5. The van der Waals surface area contributed by atoms with Crippen LogP contribution >= 0.6 is 11.6 Å². The van der Waals surface area contributed by atoms with Crippen molar-refractivity contribution in [3.8, 4) is 0 Å². The van der Waals surface area contributed by atoms with Crippen LogP contribution in [0.1, 0.15) is 24.1 Å². The minimum Gasteiger partial charge on any atom is -0.349 e. The highest BCUT2D eigenvalue weighted by Gasteiger charge is 2.11. The predicted molar refractivity (Wildman–Crippen MR) is 95.7 cm³/mol. The number of carbonyl (C=O) groups is 1. The Bertz CT molecular complexity index is 821. The number of benzene rings is 3. The van der Waals surface area contributed by atoms with Crippen molar-refractivity contribution in [1.29, 1.82) is 0 Å². The molecule has 0 saturated heterocycles. The van der Waals surface area contributed by atoms with Gasteiger partial charge in [0.2, 0.25) is 5.91 Å². The first-order valence-electron chi connectivity index (χ1n) is 7.65. The van der Waals surface area contributed by atoms with Crippen LogP contribution in [0.2, 0.25) is 5.02 Å². The molecule has 0 heterocycles. The first-order valence-corrected chi connectivity index (χ1v) is 8.03. The van der Waals surface area contributed by atoms with Gasteiger partial charge in [0, 0.05) is 5.02 Å². The third kappa shape index (κ3) is 3.72. The summed E-state index contributed by atoms with van der Waals surface area (Å²) >= 11 is 5.90. The highest BCUT2D eigenvalue weighted by molar-refractivity contribution is 6.30. The van der Waals surface area contributed by atoms with Crippen LogP contribution in [0.4, 0.5) is 0 Å². The lowest BCUT2D eigenvalue weighted by atomic mass is 10.0. The SMILES string of the molecule is C[C@@H](NC(=O)Cc1cccc2ccccc12)c1ccc(Cl)cc1. The minimum atomic E-state index is -0.0465. The van der Waals surface area contributed by atoms with E-state index in [0.29, 0.717) is 11.4 Å². The summed E-state index contributed by atoms with van der Waals surface area (Å²) in [4.78, 5) is 12.4. The number of fused-ring (bicyclic) bond motifs is 1. The van der Waals surface area contributed by atoms with Crippen molar-refractivity contribution in [3.05, 3.63) is 82.9 Å². The number of hydrogen-bond donors (Lipinski definition) is 1. The second kappa shape index (κ2) is 6.84. The van der Waals surface area contributed by atoms with Gasteiger partial charge in [-0.05, 0) is 41.0 Å². The molecule has 1 N–H and O–H groups in total. The van der Waals surface area contributed by atoms with Gasteiger partial charge in [-0.25, -0.2) is 0 Å². The Kier molecular flexibility index (Phi) is 4.63. The van der Waals surface area contributed by atoms with Gasteiger partial charge in [-0.15, -0.1) is 0 Å². The van der Waals surface area contributed by atoms with E-state index in [9.17, 15) is 4.79 Å². The third-order valence-electron chi connectivity index (χ3n) is 3.98. The van der Waals surface area contributed by atoms with E-state index in [1.807, 2.05) is 55.5 Å². The van der Waals surface area contributed by atoms with Crippen molar-refractivity contribution in [2.75, 3.05) is 0 Å².